The standard InChI is InChI=1S/C18H26N4O2S2.HI/c1-19-18(22(4)12-11-16-6-5-13-25-16)20-14-15-7-9-17(10-8-15)26(23,24)21(2)3;/h5-10,13H,11-12,14H2,1-4H3,(H,19,20);1H. The first-order chi connectivity index (χ1) is 12.3. The van der Waals surface area contributed by atoms with Crippen molar-refractivity contribution in [2.24, 2.45) is 4.99 Å². The van der Waals surface area contributed by atoms with Crippen LogP contribution in [0, 0.1) is 0 Å². The highest BCUT2D eigenvalue weighted by atomic mass is 127. The van der Waals surface area contributed by atoms with Crippen LogP contribution in [0.1, 0.15) is 10.4 Å². The van der Waals surface area contributed by atoms with Gasteiger partial charge in [0.25, 0.3) is 0 Å². The van der Waals surface area contributed by atoms with E-state index in [1.807, 2.05) is 19.2 Å². The zero-order valence-corrected chi connectivity index (χ0v) is 20.0. The van der Waals surface area contributed by atoms with Crippen LogP contribution >= 0.6 is 35.3 Å². The first-order valence-corrected chi connectivity index (χ1v) is 10.6. The van der Waals surface area contributed by atoms with Crippen LogP contribution < -0.4 is 5.32 Å². The van der Waals surface area contributed by atoms with E-state index in [9.17, 15) is 8.42 Å². The van der Waals surface area contributed by atoms with Crippen LogP contribution in [0.3, 0.4) is 0 Å². The van der Waals surface area contributed by atoms with Gasteiger partial charge < -0.3 is 10.2 Å². The summed E-state index contributed by atoms with van der Waals surface area (Å²) < 4.78 is 25.4. The van der Waals surface area contributed by atoms with Crippen molar-refractivity contribution in [2.75, 3.05) is 34.7 Å². The molecule has 2 rings (SSSR count). The Morgan fingerprint density at radius 2 is 1.81 bits per heavy atom. The fourth-order valence-electron chi connectivity index (χ4n) is 2.39. The summed E-state index contributed by atoms with van der Waals surface area (Å²) in [6.45, 7) is 1.46. The molecular weight excluding hydrogens is 495 g/mol. The minimum atomic E-state index is -3.39. The van der Waals surface area contributed by atoms with Crippen molar-refractivity contribution in [1.82, 2.24) is 14.5 Å². The van der Waals surface area contributed by atoms with E-state index in [1.165, 1.54) is 23.3 Å². The molecule has 0 bridgehead atoms. The molecule has 0 amide bonds. The van der Waals surface area contributed by atoms with Gasteiger partial charge in [-0.1, -0.05) is 18.2 Å². The van der Waals surface area contributed by atoms with Crippen molar-refractivity contribution in [3.05, 3.63) is 52.2 Å². The lowest BCUT2D eigenvalue weighted by Gasteiger charge is -2.22. The Balaban J connectivity index is 0.00000364. The molecule has 0 spiro atoms. The summed E-state index contributed by atoms with van der Waals surface area (Å²) in [5.74, 6) is 0.812. The van der Waals surface area contributed by atoms with E-state index in [4.69, 9.17) is 0 Å². The molecule has 6 nitrogen and oxygen atoms in total. The van der Waals surface area contributed by atoms with Gasteiger partial charge >= 0.3 is 0 Å². The molecule has 9 heteroatoms. The Bertz CT molecular complexity index is 820. The number of halogens is 1. The summed E-state index contributed by atoms with van der Waals surface area (Å²) in [6, 6.07) is 11.1. The fourth-order valence-corrected chi connectivity index (χ4v) is 3.99. The summed E-state index contributed by atoms with van der Waals surface area (Å²) in [5, 5.41) is 5.40. The molecule has 1 aromatic carbocycles. The smallest absolute Gasteiger partial charge is 0.242 e. The predicted octanol–water partition coefficient (Wildman–Crippen LogP) is 2.87. The second-order valence-corrected chi connectivity index (χ2v) is 9.27. The van der Waals surface area contributed by atoms with Crippen molar-refractivity contribution in [3.63, 3.8) is 0 Å². The van der Waals surface area contributed by atoms with Crippen LogP contribution in [0.4, 0.5) is 0 Å². The molecule has 0 unspecified atom stereocenters. The number of hydrogen-bond donors (Lipinski definition) is 1. The summed E-state index contributed by atoms with van der Waals surface area (Å²) in [7, 11) is 3.44. The third-order valence-electron chi connectivity index (χ3n) is 4.00. The quantitative estimate of drug-likeness (QED) is 0.345. The molecule has 0 aliphatic heterocycles. The highest BCUT2D eigenvalue weighted by Gasteiger charge is 2.16. The normalized spacial score (nSPS) is 12.0. The summed E-state index contributed by atoms with van der Waals surface area (Å²) in [6.07, 6.45) is 0.978. The van der Waals surface area contributed by atoms with Gasteiger partial charge in [-0.3, -0.25) is 4.99 Å². The van der Waals surface area contributed by atoms with Gasteiger partial charge in [0.05, 0.1) is 4.90 Å². The van der Waals surface area contributed by atoms with E-state index in [0.29, 0.717) is 11.4 Å². The number of guanidine groups is 1. The van der Waals surface area contributed by atoms with Crippen molar-refractivity contribution >= 4 is 51.3 Å². The number of rotatable bonds is 7. The van der Waals surface area contributed by atoms with Gasteiger partial charge in [-0.15, -0.1) is 35.3 Å². The second kappa shape index (κ2) is 11.0. The summed E-state index contributed by atoms with van der Waals surface area (Å²) >= 11 is 1.76. The van der Waals surface area contributed by atoms with E-state index < -0.39 is 10.0 Å². The molecule has 1 heterocycles. The number of benzene rings is 1. The SMILES string of the molecule is CN=C(NCc1ccc(S(=O)(=O)N(C)C)cc1)N(C)CCc1cccs1.I. The van der Waals surface area contributed by atoms with Crippen molar-refractivity contribution in [1.29, 1.82) is 0 Å². The van der Waals surface area contributed by atoms with Gasteiger partial charge in [-0.25, -0.2) is 12.7 Å². The molecule has 0 aliphatic carbocycles. The molecule has 150 valence electrons. The lowest BCUT2D eigenvalue weighted by atomic mass is 10.2. The first-order valence-electron chi connectivity index (χ1n) is 8.30. The molecule has 0 saturated carbocycles. The molecule has 1 aromatic heterocycles. The van der Waals surface area contributed by atoms with E-state index in [0.717, 1.165) is 24.5 Å². The highest BCUT2D eigenvalue weighted by Crippen LogP contribution is 2.14. The lowest BCUT2D eigenvalue weighted by molar-refractivity contribution is 0.486. The minimum Gasteiger partial charge on any atom is -0.352 e. The average Bonchev–Trinajstić information content (AvgIpc) is 3.14. The number of aliphatic imine (C=N–C) groups is 1. The summed E-state index contributed by atoms with van der Waals surface area (Å²) in [4.78, 5) is 8.05. The molecule has 0 fully saturated rings. The first kappa shape index (κ1) is 23.9. The number of hydrogen-bond acceptors (Lipinski definition) is 4. The number of nitrogens with one attached hydrogen (secondary N) is 1. The second-order valence-electron chi connectivity index (χ2n) is 6.08. The van der Waals surface area contributed by atoms with E-state index in [2.05, 4.69) is 32.7 Å². The zero-order chi connectivity index (χ0) is 19.2. The lowest BCUT2D eigenvalue weighted by Crippen LogP contribution is -2.39. The fraction of sp³-hybridized carbons (Fsp3) is 0.389. The number of thiophene rings is 1. The van der Waals surface area contributed by atoms with Crippen molar-refractivity contribution < 1.29 is 8.42 Å². The number of nitrogens with zero attached hydrogens (tertiary/aromatic N) is 3. The van der Waals surface area contributed by atoms with Crippen LogP contribution in [0.25, 0.3) is 0 Å². The third kappa shape index (κ3) is 6.74. The van der Waals surface area contributed by atoms with Gasteiger partial charge in [-0.05, 0) is 35.6 Å². The average molecular weight is 522 g/mol. The Morgan fingerprint density at radius 3 is 2.33 bits per heavy atom. The minimum absolute atomic E-state index is 0. The monoisotopic (exact) mass is 522 g/mol. The molecule has 27 heavy (non-hydrogen) atoms. The van der Waals surface area contributed by atoms with Crippen molar-refractivity contribution in [2.45, 2.75) is 17.9 Å². The molecule has 0 saturated heterocycles. The molecule has 2 aromatic rings. The largest absolute Gasteiger partial charge is 0.352 e. The molecular formula is C18H27IN4O2S2. The van der Waals surface area contributed by atoms with Crippen LogP contribution in [0.2, 0.25) is 0 Å². The topological polar surface area (TPSA) is 65.0 Å². The number of likely N-dealkylation sites (N-methyl/N-ethyl adjacent to an activating group) is 1. The maximum atomic E-state index is 12.1. The van der Waals surface area contributed by atoms with Gasteiger partial charge in [-0.2, -0.15) is 0 Å². The van der Waals surface area contributed by atoms with Gasteiger partial charge in [0, 0.05) is 46.2 Å². The van der Waals surface area contributed by atoms with Crippen LogP contribution in [-0.4, -0.2) is 58.3 Å². The Morgan fingerprint density at radius 1 is 1.15 bits per heavy atom. The molecule has 0 radical (unpaired) electrons. The van der Waals surface area contributed by atoms with E-state index in [-0.39, 0.29) is 24.0 Å². The highest BCUT2D eigenvalue weighted by molar-refractivity contribution is 14.0. The molecule has 1 N–H and O–H groups in total. The Labute approximate surface area is 183 Å². The van der Waals surface area contributed by atoms with Crippen LogP contribution in [0.15, 0.2) is 51.7 Å². The zero-order valence-electron chi connectivity index (χ0n) is 16.0. The van der Waals surface area contributed by atoms with Crippen molar-refractivity contribution in [3.8, 4) is 0 Å². The molecule has 0 atom stereocenters. The Kier molecular flexibility index (Phi) is 9.71. The summed E-state index contributed by atoms with van der Waals surface area (Å²) in [5.41, 5.74) is 0.996. The van der Waals surface area contributed by atoms with E-state index in [1.54, 1.807) is 30.5 Å². The third-order valence-corrected chi connectivity index (χ3v) is 6.77. The predicted molar refractivity (Wildman–Crippen MR) is 124 cm³/mol. The molecule has 0 aliphatic rings. The van der Waals surface area contributed by atoms with E-state index >= 15 is 0 Å². The Hall–Kier alpha value is -1.17. The maximum Gasteiger partial charge on any atom is 0.242 e. The van der Waals surface area contributed by atoms with Gasteiger partial charge in [0.1, 0.15) is 0 Å². The van der Waals surface area contributed by atoms with Gasteiger partial charge in [0.2, 0.25) is 10.0 Å². The number of sulfonamides is 1. The van der Waals surface area contributed by atoms with Gasteiger partial charge in [0.15, 0.2) is 5.96 Å². The van der Waals surface area contributed by atoms with Crippen LogP contribution in [0.5, 0.6) is 0 Å². The van der Waals surface area contributed by atoms with Crippen LogP contribution in [-0.2, 0) is 23.0 Å². The maximum absolute atomic E-state index is 12.1.